The smallest absolute Gasteiger partial charge is 0.330 e. The Labute approximate surface area is 199 Å². The Hall–Kier alpha value is -3.38. The summed E-state index contributed by atoms with van der Waals surface area (Å²) in [7, 11) is 1.47. The van der Waals surface area contributed by atoms with Gasteiger partial charge in [-0.3, -0.25) is 28.6 Å². The van der Waals surface area contributed by atoms with Gasteiger partial charge in [-0.25, -0.2) is 14.2 Å². The third-order valence-electron chi connectivity index (χ3n) is 5.20. The van der Waals surface area contributed by atoms with Crippen molar-refractivity contribution in [2.45, 2.75) is 31.5 Å². The van der Waals surface area contributed by atoms with Crippen LogP contribution in [-0.2, 0) is 11.3 Å². The molecule has 2 heterocycles. The molecule has 0 aliphatic heterocycles. The molecule has 0 bridgehead atoms. The maximum absolute atomic E-state index is 13.8. The van der Waals surface area contributed by atoms with Crippen LogP contribution in [0.5, 0.6) is 0 Å². The largest absolute Gasteiger partial charge is 0.383 e. The fraction of sp³-hybridized carbons (Fsp3) is 0.364. The van der Waals surface area contributed by atoms with Crippen molar-refractivity contribution in [3.8, 4) is 5.69 Å². The molecule has 12 heteroatoms. The van der Waals surface area contributed by atoms with Crippen LogP contribution >= 0.6 is 11.8 Å². The molecular weight excluding hydrogens is 463 g/mol. The van der Waals surface area contributed by atoms with Crippen molar-refractivity contribution < 1.29 is 13.9 Å². The van der Waals surface area contributed by atoms with E-state index in [2.05, 4.69) is 9.97 Å². The molecule has 0 spiro atoms. The summed E-state index contributed by atoms with van der Waals surface area (Å²) in [6.07, 6.45) is 4.65. The van der Waals surface area contributed by atoms with Gasteiger partial charge in [0.15, 0.2) is 10.8 Å². The first-order chi connectivity index (χ1) is 16.3. The number of carbonyl (C=O) groups excluding carboxylic acids is 1. The van der Waals surface area contributed by atoms with Gasteiger partial charge in [-0.05, 0) is 36.9 Å². The van der Waals surface area contributed by atoms with Crippen LogP contribution in [0.15, 0.2) is 45.2 Å². The summed E-state index contributed by atoms with van der Waals surface area (Å²) in [6.45, 7) is 2.36. The highest BCUT2D eigenvalue weighted by Crippen LogP contribution is 2.25. The number of unbranched alkanes of at least 4 members (excludes halogenated alkanes) is 1. The molecule has 0 fully saturated rings. The number of ether oxygens (including phenoxy) is 1. The van der Waals surface area contributed by atoms with Crippen LogP contribution in [0, 0.1) is 5.82 Å². The predicted molar refractivity (Wildman–Crippen MR) is 129 cm³/mol. The van der Waals surface area contributed by atoms with Crippen LogP contribution in [0.2, 0.25) is 0 Å². The summed E-state index contributed by atoms with van der Waals surface area (Å²) in [5.41, 5.74) is 5.35. The molecule has 0 radical (unpaired) electrons. The van der Waals surface area contributed by atoms with E-state index in [1.54, 1.807) is 10.8 Å². The molecule has 34 heavy (non-hydrogen) atoms. The van der Waals surface area contributed by atoms with Gasteiger partial charge in [0.2, 0.25) is 0 Å². The molecule has 2 aromatic heterocycles. The molecule has 1 amide bonds. The molecule has 0 atom stereocenters. The average Bonchev–Trinajstić information content (AvgIpc) is 3.25. The lowest BCUT2D eigenvalue weighted by Gasteiger charge is -2.25. The standard InChI is InChI=1S/C22H27FN6O4S/c1-4-5-10-28-18(24)17(19(30)26-21(28)32)27(11-12-33-2)20(31)16-13-25-22(34-3)29(16)15-8-6-14(23)7-9-15/h6-9,13H,4-5,10-12,24H2,1-3H3,(H,26,30,32). The highest BCUT2D eigenvalue weighted by atomic mass is 32.2. The maximum Gasteiger partial charge on any atom is 0.330 e. The van der Waals surface area contributed by atoms with Crippen LogP contribution in [0.1, 0.15) is 30.3 Å². The van der Waals surface area contributed by atoms with Crippen LogP contribution < -0.4 is 21.9 Å². The lowest BCUT2D eigenvalue weighted by atomic mass is 10.2. The Morgan fingerprint density at radius 2 is 2.00 bits per heavy atom. The zero-order valence-corrected chi connectivity index (χ0v) is 20.0. The van der Waals surface area contributed by atoms with E-state index in [1.807, 2.05) is 6.92 Å². The van der Waals surface area contributed by atoms with E-state index in [0.29, 0.717) is 23.8 Å². The van der Waals surface area contributed by atoms with Gasteiger partial charge in [0, 0.05) is 25.9 Å². The van der Waals surface area contributed by atoms with Crippen molar-refractivity contribution in [3.05, 3.63) is 62.8 Å². The number of aromatic nitrogens is 4. The minimum Gasteiger partial charge on any atom is -0.383 e. The summed E-state index contributed by atoms with van der Waals surface area (Å²) >= 11 is 1.30. The van der Waals surface area contributed by atoms with E-state index in [-0.39, 0.29) is 30.4 Å². The molecule has 3 N–H and O–H groups in total. The molecule has 1 aromatic carbocycles. The van der Waals surface area contributed by atoms with Gasteiger partial charge >= 0.3 is 5.69 Å². The molecule has 0 saturated heterocycles. The second kappa shape index (κ2) is 11.2. The van der Waals surface area contributed by atoms with Gasteiger partial charge in [-0.1, -0.05) is 25.1 Å². The number of H-pyrrole nitrogens is 1. The second-order valence-corrected chi connectivity index (χ2v) is 8.16. The zero-order valence-electron chi connectivity index (χ0n) is 19.2. The highest BCUT2D eigenvalue weighted by Gasteiger charge is 2.28. The summed E-state index contributed by atoms with van der Waals surface area (Å²) in [4.78, 5) is 46.7. The Morgan fingerprint density at radius 1 is 1.29 bits per heavy atom. The minimum atomic E-state index is -0.780. The number of carbonyl (C=O) groups is 1. The second-order valence-electron chi connectivity index (χ2n) is 7.39. The molecule has 0 aliphatic carbocycles. The average molecular weight is 491 g/mol. The molecule has 0 unspecified atom stereocenters. The first kappa shape index (κ1) is 25.2. The molecule has 0 aliphatic rings. The number of thioether (sulfide) groups is 1. The number of methoxy groups -OCH3 is 1. The van der Waals surface area contributed by atoms with E-state index >= 15 is 0 Å². The third kappa shape index (κ3) is 5.07. The first-order valence-electron chi connectivity index (χ1n) is 10.6. The number of nitrogens with one attached hydrogen (secondary N) is 1. The number of anilines is 2. The molecule has 3 rings (SSSR count). The first-order valence-corrected chi connectivity index (χ1v) is 11.9. The van der Waals surface area contributed by atoms with Gasteiger partial charge in [-0.15, -0.1) is 0 Å². The maximum atomic E-state index is 13.8. The van der Waals surface area contributed by atoms with E-state index < -0.39 is 23.0 Å². The van der Waals surface area contributed by atoms with E-state index in [1.165, 1.54) is 58.8 Å². The van der Waals surface area contributed by atoms with Crippen LogP contribution in [0.25, 0.3) is 5.69 Å². The molecule has 3 aromatic rings. The molecular formula is C22H27FN6O4S. The third-order valence-corrected chi connectivity index (χ3v) is 5.85. The number of nitrogen functional groups attached to an aromatic ring is 1. The van der Waals surface area contributed by atoms with Gasteiger partial charge < -0.3 is 10.5 Å². The Kier molecular flexibility index (Phi) is 8.29. The van der Waals surface area contributed by atoms with Gasteiger partial charge in [0.1, 0.15) is 17.3 Å². The topological polar surface area (TPSA) is 128 Å². The van der Waals surface area contributed by atoms with Gasteiger partial charge in [0.05, 0.1) is 12.8 Å². The number of benzene rings is 1. The molecule has 0 saturated carbocycles. The molecule has 182 valence electrons. The summed E-state index contributed by atoms with van der Waals surface area (Å²) < 4.78 is 21.5. The van der Waals surface area contributed by atoms with Crippen molar-refractivity contribution in [1.82, 2.24) is 19.1 Å². The number of aromatic amines is 1. The van der Waals surface area contributed by atoms with Crippen LogP contribution in [0.3, 0.4) is 0 Å². The monoisotopic (exact) mass is 490 g/mol. The summed E-state index contributed by atoms with van der Waals surface area (Å²) in [5.74, 6) is -1.10. The Bertz CT molecular complexity index is 1270. The van der Waals surface area contributed by atoms with Crippen molar-refractivity contribution in [1.29, 1.82) is 0 Å². The van der Waals surface area contributed by atoms with Crippen LogP contribution in [-0.4, -0.2) is 51.5 Å². The number of amides is 1. The van der Waals surface area contributed by atoms with Gasteiger partial charge in [-0.2, -0.15) is 0 Å². The normalized spacial score (nSPS) is 11.1. The van der Waals surface area contributed by atoms with Crippen LogP contribution in [0.4, 0.5) is 15.9 Å². The Morgan fingerprint density at radius 3 is 2.62 bits per heavy atom. The van der Waals surface area contributed by atoms with Crippen molar-refractivity contribution in [2.24, 2.45) is 0 Å². The van der Waals surface area contributed by atoms with Crippen molar-refractivity contribution >= 4 is 29.2 Å². The number of nitrogens with two attached hydrogens (primary N) is 1. The van der Waals surface area contributed by atoms with Crippen molar-refractivity contribution in [2.75, 3.05) is 37.2 Å². The van der Waals surface area contributed by atoms with E-state index in [4.69, 9.17) is 10.5 Å². The predicted octanol–water partition coefficient (Wildman–Crippen LogP) is 2.26. The summed E-state index contributed by atoms with van der Waals surface area (Å²) in [5, 5.41) is 0.497. The summed E-state index contributed by atoms with van der Waals surface area (Å²) in [6, 6.07) is 5.61. The number of halogens is 1. The zero-order chi connectivity index (χ0) is 24.8. The Balaban J connectivity index is 2.17. The minimum absolute atomic E-state index is 0.00219. The fourth-order valence-corrected chi connectivity index (χ4v) is 4.03. The SMILES string of the molecule is CCCCn1c(N)c(N(CCOC)C(=O)c2cnc(SC)n2-c2ccc(F)cc2)c(=O)[nH]c1=O. The number of nitrogens with zero attached hydrogens (tertiary/aromatic N) is 4. The number of hydrogen-bond acceptors (Lipinski definition) is 7. The lowest BCUT2D eigenvalue weighted by molar-refractivity contribution is 0.0968. The molecule has 10 nitrogen and oxygen atoms in total. The number of imidazole rings is 1. The van der Waals surface area contributed by atoms with E-state index in [0.717, 1.165) is 6.42 Å². The van der Waals surface area contributed by atoms with Crippen molar-refractivity contribution in [3.63, 3.8) is 0 Å². The fourth-order valence-electron chi connectivity index (χ4n) is 3.48. The number of rotatable bonds is 10. The number of hydrogen-bond donors (Lipinski definition) is 2. The quantitative estimate of drug-likeness (QED) is 0.417. The van der Waals surface area contributed by atoms with E-state index in [9.17, 15) is 18.8 Å². The highest BCUT2D eigenvalue weighted by molar-refractivity contribution is 7.98. The lowest BCUT2D eigenvalue weighted by Crippen LogP contribution is -2.43. The van der Waals surface area contributed by atoms with Gasteiger partial charge in [0.25, 0.3) is 11.5 Å².